The number of alkyl halides is 3. The molecule has 11 heteroatoms. The Kier molecular flexibility index (Phi) is 6.57. The summed E-state index contributed by atoms with van der Waals surface area (Å²) in [5, 5.41) is 8.13. The Balaban J connectivity index is 1.49. The number of fused-ring (bicyclic) bond motifs is 3. The van der Waals surface area contributed by atoms with E-state index in [0.717, 1.165) is 25.2 Å². The molecule has 1 fully saturated rings. The van der Waals surface area contributed by atoms with Gasteiger partial charge in [0.1, 0.15) is 5.52 Å². The molecule has 1 N–H and O–H groups in total. The number of carbonyl (C=O) groups is 1. The van der Waals surface area contributed by atoms with Gasteiger partial charge in [-0.15, -0.1) is 0 Å². The van der Waals surface area contributed by atoms with Gasteiger partial charge in [-0.25, -0.2) is 0 Å². The number of carbonyl (C=O) groups excluding carboxylic acids is 1. The van der Waals surface area contributed by atoms with Gasteiger partial charge in [0, 0.05) is 55.7 Å². The third-order valence-corrected chi connectivity index (χ3v) is 6.21. The van der Waals surface area contributed by atoms with Gasteiger partial charge in [-0.05, 0) is 42.5 Å². The first-order chi connectivity index (χ1) is 17.7. The third kappa shape index (κ3) is 5.13. The Morgan fingerprint density at radius 2 is 1.84 bits per heavy atom. The number of nitrogens with one attached hydrogen (secondary N) is 1. The van der Waals surface area contributed by atoms with Crippen LogP contribution in [0.4, 0.5) is 18.9 Å². The smallest absolute Gasteiger partial charge is 0.379 e. The van der Waals surface area contributed by atoms with Crippen LogP contribution in [0.3, 0.4) is 0 Å². The van der Waals surface area contributed by atoms with Gasteiger partial charge in [0.25, 0.3) is 5.56 Å². The molecule has 1 amide bonds. The fraction of sp³-hybridized carbons (Fsp3) is 0.269. The first-order valence-corrected chi connectivity index (χ1v) is 11.7. The van der Waals surface area contributed by atoms with Gasteiger partial charge in [0.15, 0.2) is 0 Å². The van der Waals surface area contributed by atoms with Crippen molar-refractivity contribution in [1.82, 2.24) is 19.2 Å². The summed E-state index contributed by atoms with van der Waals surface area (Å²) in [5.74, 6) is -0.305. The van der Waals surface area contributed by atoms with Crippen molar-refractivity contribution < 1.29 is 22.7 Å². The number of aromatic nitrogens is 3. The van der Waals surface area contributed by atoms with Crippen molar-refractivity contribution in [2.45, 2.75) is 6.18 Å². The van der Waals surface area contributed by atoms with Crippen molar-refractivity contribution in [2.24, 2.45) is 7.05 Å². The number of benzene rings is 2. The van der Waals surface area contributed by atoms with E-state index in [0.29, 0.717) is 47.3 Å². The molecule has 0 saturated carbocycles. The molecule has 0 aliphatic carbocycles. The molecule has 0 radical (unpaired) electrons. The predicted molar refractivity (Wildman–Crippen MR) is 134 cm³/mol. The quantitative estimate of drug-likeness (QED) is 0.413. The van der Waals surface area contributed by atoms with Crippen LogP contribution in [0.1, 0.15) is 5.56 Å². The van der Waals surface area contributed by atoms with Gasteiger partial charge >= 0.3 is 6.18 Å². The molecule has 2 aromatic carbocycles. The minimum absolute atomic E-state index is 0.289. The number of amides is 1. The average molecular weight is 512 g/mol. The number of pyridine rings is 1. The normalized spacial score (nSPS) is 15.1. The van der Waals surface area contributed by atoms with Crippen LogP contribution >= 0.6 is 0 Å². The fourth-order valence-corrected chi connectivity index (χ4v) is 4.40. The van der Waals surface area contributed by atoms with Crippen molar-refractivity contribution >= 4 is 33.4 Å². The van der Waals surface area contributed by atoms with Crippen molar-refractivity contribution in [3.05, 3.63) is 76.7 Å². The van der Waals surface area contributed by atoms with E-state index >= 15 is 0 Å². The van der Waals surface area contributed by atoms with Crippen molar-refractivity contribution in [2.75, 3.05) is 38.2 Å². The maximum absolute atomic E-state index is 13.3. The zero-order valence-electron chi connectivity index (χ0n) is 20.0. The molecule has 4 aromatic rings. The molecular weight excluding hydrogens is 487 g/mol. The highest BCUT2D eigenvalue weighted by molar-refractivity contribution is 6.07. The van der Waals surface area contributed by atoms with Crippen molar-refractivity contribution in [1.29, 1.82) is 0 Å². The van der Waals surface area contributed by atoms with Crippen LogP contribution in [0.15, 0.2) is 65.6 Å². The maximum atomic E-state index is 13.3. The summed E-state index contributed by atoms with van der Waals surface area (Å²) in [6.45, 7) is 3.63. The van der Waals surface area contributed by atoms with E-state index in [2.05, 4.69) is 15.3 Å². The lowest BCUT2D eigenvalue weighted by molar-refractivity contribution is -0.137. The van der Waals surface area contributed by atoms with Gasteiger partial charge < -0.3 is 10.1 Å². The standard InChI is InChI=1S/C26H24F3N5O3/c1-32-16-21-24(31-32)20-15-18(30-23(35)3-2-10-33-11-13-37-14-12-33)6-9-22(20)34(25(21)36)19-7-4-17(5-8-19)26(27,28)29/h2-9,15-16H,10-14H2,1H3,(H,30,35)/b3-2+. The van der Waals surface area contributed by atoms with Gasteiger partial charge in [-0.3, -0.25) is 23.7 Å². The second kappa shape index (κ2) is 9.83. The van der Waals surface area contributed by atoms with E-state index in [9.17, 15) is 22.8 Å². The Hall–Kier alpha value is -3.96. The number of anilines is 1. The summed E-state index contributed by atoms with van der Waals surface area (Å²) in [7, 11) is 1.68. The third-order valence-electron chi connectivity index (χ3n) is 6.21. The van der Waals surface area contributed by atoms with Crippen LogP contribution < -0.4 is 10.9 Å². The van der Waals surface area contributed by atoms with Gasteiger partial charge in [-0.1, -0.05) is 6.08 Å². The van der Waals surface area contributed by atoms with Gasteiger partial charge in [-0.2, -0.15) is 18.3 Å². The Morgan fingerprint density at radius 3 is 2.54 bits per heavy atom. The van der Waals surface area contributed by atoms with E-state index in [-0.39, 0.29) is 11.6 Å². The number of halogens is 3. The maximum Gasteiger partial charge on any atom is 0.416 e. The lowest BCUT2D eigenvalue weighted by Crippen LogP contribution is -2.36. The molecule has 0 unspecified atom stereocenters. The number of rotatable bonds is 5. The lowest BCUT2D eigenvalue weighted by atomic mass is 10.1. The summed E-state index contributed by atoms with van der Waals surface area (Å²) >= 11 is 0. The predicted octanol–water partition coefficient (Wildman–Crippen LogP) is 3.72. The van der Waals surface area contributed by atoms with E-state index in [4.69, 9.17) is 4.74 Å². The van der Waals surface area contributed by atoms with Crippen LogP contribution in [-0.4, -0.2) is 58.0 Å². The molecule has 0 bridgehead atoms. The number of hydrogen-bond acceptors (Lipinski definition) is 5. The van der Waals surface area contributed by atoms with E-state index in [1.54, 1.807) is 37.5 Å². The first-order valence-electron chi connectivity index (χ1n) is 11.7. The molecular formula is C26H24F3N5O3. The topological polar surface area (TPSA) is 81.4 Å². The van der Waals surface area contributed by atoms with E-state index in [1.165, 1.54) is 27.5 Å². The van der Waals surface area contributed by atoms with Crippen LogP contribution in [0, 0.1) is 0 Å². The zero-order chi connectivity index (χ0) is 26.2. The second-order valence-electron chi connectivity index (χ2n) is 8.79. The Bertz CT molecular complexity index is 1550. The van der Waals surface area contributed by atoms with Crippen molar-refractivity contribution in [3.63, 3.8) is 0 Å². The second-order valence-corrected chi connectivity index (χ2v) is 8.79. The molecule has 192 valence electrons. The molecule has 1 aliphatic heterocycles. The highest BCUT2D eigenvalue weighted by atomic mass is 19.4. The molecule has 3 heterocycles. The lowest BCUT2D eigenvalue weighted by Gasteiger charge is -2.25. The van der Waals surface area contributed by atoms with E-state index in [1.807, 2.05) is 0 Å². The Labute approximate surface area is 209 Å². The van der Waals surface area contributed by atoms with Crippen molar-refractivity contribution in [3.8, 4) is 5.69 Å². The molecule has 1 saturated heterocycles. The van der Waals surface area contributed by atoms with Crippen LogP contribution in [-0.2, 0) is 22.8 Å². The summed E-state index contributed by atoms with van der Waals surface area (Å²) in [6.07, 6.45) is 0.347. The summed E-state index contributed by atoms with van der Waals surface area (Å²) in [5.41, 5.74) is 0.469. The molecule has 2 aromatic heterocycles. The summed E-state index contributed by atoms with van der Waals surface area (Å²) in [6, 6.07) is 9.41. The molecule has 37 heavy (non-hydrogen) atoms. The van der Waals surface area contributed by atoms with Gasteiger partial charge in [0.2, 0.25) is 5.91 Å². The highest BCUT2D eigenvalue weighted by Crippen LogP contribution is 2.31. The van der Waals surface area contributed by atoms with Gasteiger partial charge in [0.05, 0.1) is 29.7 Å². The number of ether oxygens (including phenoxy) is 1. The molecule has 0 spiro atoms. The highest BCUT2D eigenvalue weighted by Gasteiger charge is 2.30. The largest absolute Gasteiger partial charge is 0.416 e. The average Bonchev–Trinajstić information content (AvgIpc) is 3.27. The number of aryl methyl sites for hydroxylation is 1. The monoisotopic (exact) mass is 511 g/mol. The number of morpholine rings is 1. The number of nitrogens with zero attached hydrogens (tertiary/aromatic N) is 4. The first kappa shape index (κ1) is 24.7. The molecule has 0 atom stereocenters. The summed E-state index contributed by atoms with van der Waals surface area (Å²) < 4.78 is 47.4. The van der Waals surface area contributed by atoms with Crippen LogP contribution in [0.25, 0.3) is 27.5 Å². The minimum atomic E-state index is -4.48. The van der Waals surface area contributed by atoms with E-state index < -0.39 is 17.3 Å². The number of hydrogen-bond donors (Lipinski definition) is 1. The van der Waals surface area contributed by atoms with Crippen LogP contribution in [0.2, 0.25) is 0 Å². The zero-order valence-corrected chi connectivity index (χ0v) is 20.0. The fourth-order valence-electron chi connectivity index (χ4n) is 4.40. The molecule has 8 nitrogen and oxygen atoms in total. The Morgan fingerprint density at radius 1 is 1.11 bits per heavy atom. The molecule has 5 rings (SSSR count). The van der Waals surface area contributed by atoms with Crippen LogP contribution in [0.5, 0.6) is 0 Å². The minimum Gasteiger partial charge on any atom is -0.379 e. The SMILES string of the molecule is Cn1cc2c(=O)n(-c3ccc(C(F)(F)F)cc3)c3ccc(NC(=O)/C=C/CN4CCOCC4)cc3c2n1. The summed E-state index contributed by atoms with van der Waals surface area (Å²) in [4.78, 5) is 28.0. The molecule has 1 aliphatic rings.